The first kappa shape index (κ1) is 29.4. The summed E-state index contributed by atoms with van der Waals surface area (Å²) in [6.07, 6.45) is -13.8. The van der Waals surface area contributed by atoms with E-state index in [1.54, 1.807) is 20.8 Å². The Balaban J connectivity index is 1.70. The molecule has 2 aromatic carbocycles. The lowest BCUT2D eigenvalue weighted by atomic mass is 9.94. The minimum absolute atomic E-state index is 0.116. The number of rotatable bonds is 5. The van der Waals surface area contributed by atoms with Crippen molar-refractivity contribution in [2.45, 2.75) is 44.3 Å². The molecule has 0 spiro atoms. The number of alkyl halides is 6. The quantitative estimate of drug-likeness (QED) is 0.415. The highest BCUT2D eigenvalue weighted by molar-refractivity contribution is 5.97. The lowest BCUT2D eigenvalue weighted by molar-refractivity contribution is -0.143. The third-order valence-electron chi connectivity index (χ3n) is 6.65. The highest BCUT2D eigenvalue weighted by Gasteiger charge is 2.49. The van der Waals surface area contributed by atoms with Gasteiger partial charge in [0, 0.05) is 29.9 Å². The molecule has 0 atom stereocenters. The van der Waals surface area contributed by atoms with E-state index in [-0.39, 0.29) is 36.7 Å². The van der Waals surface area contributed by atoms with Crippen LogP contribution in [0.15, 0.2) is 36.4 Å². The van der Waals surface area contributed by atoms with Crippen molar-refractivity contribution in [3.8, 4) is 5.75 Å². The lowest BCUT2D eigenvalue weighted by Gasteiger charge is -2.47. The Labute approximate surface area is 256 Å². The van der Waals surface area contributed by atoms with E-state index in [2.05, 4.69) is 0 Å². The van der Waals surface area contributed by atoms with Crippen LogP contribution in [0.25, 0.3) is 0 Å². The molecule has 45 heavy (non-hydrogen) atoms. The summed E-state index contributed by atoms with van der Waals surface area (Å²) in [7, 11) is 0. The summed E-state index contributed by atoms with van der Waals surface area (Å²) in [6.45, 7) is -0.562. The van der Waals surface area contributed by atoms with Gasteiger partial charge in [0.15, 0.2) is 5.75 Å². The van der Waals surface area contributed by atoms with E-state index < -0.39 is 95.9 Å². The topological polar surface area (TPSA) is 103 Å². The average molecular weight is 654 g/mol. The van der Waals surface area contributed by atoms with Crippen LogP contribution in [0.5, 0.6) is 5.75 Å². The summed E-state index contributed by atoms with van der Waals surface area (Å²) in [5.41, 5.74) is -8.29. The molecular formula is C28H29F7N4O6. The Morgan fingerprint density at radius 3 is 2.18 bits per heavy atom. The van der Waals surface area contributed by atoms with Gasteiger partial charge in [-0.3, -0.25) is 9.80 Å². The number of anilines is 2. The van der Waals surface area contributed by atoms with Crippen molar-refractivity contribution in [3.63, 3.8) is 0 Å². The van der Waals surface area contributed by atoms with Gasteiger partial charge in [0.2, 0.25) is 0 Å². The molecular weight excluding hydrogens is 621 g/mol. The van der Waals surface area contributed by atoms with Crippen LogP contribution in [0.4, 0.5) is 56.5 Å². The first-order valence-electron chi connectivity index (χ1n) is 14.7. The van der Waals surface area contributed by atoms with E-state index in [0.29, 0.717) is 4.90 Å². The van der Waals surface area contributed by atoms with E-state index in [1.165, 1.54) is 0 Å². The van der Waals surface area contributed by atoms with Crippen molar-refractivity contribution >= 4 is 29.6 Å². The molecule has 2 aromatic rings. The number of carbonyl (C=O) groups is 3. The molecule has 4 amide bonds. The van der Waals surface area contributed by atoms with Gasteiger partial charge in [-0.1, -0.05) is 0 Å². The first-order valence-corrected chi connectivity index (χ1v) is 13.2. The number of urea groups is 1. The van der Waals surface area contributed by atoms with Crippen LogP contribution in [0.1, 0.15) is 36.0 Å². The number of β-amino-alcohol motifs (C(OH)–C–C–N with tert-alkyl or cyclic N) is 1. The minimum Gasteiger partial charge on any atom is -0.444 e. The van der Waals surface area contributed by atoms with Gasteiger partial charge < -0.3 is 24.4 Å². The highest BCUT2D eigenvalue weighted by atomic mass is 19.4. The van der Waals surface area contributed by atoms with Crippen LogP contribution in [0.2, 0.25) is 0 Å². The van der Waals surface area contributed by atoms with Crippen molar-refractivity contribution in [1.82, 2.24) is 9.80 Å². The summed E-state index contributed by atoms with van der Waals surface area (Å²) < 4.78 is 131. The number of halogens is 7. The van der Waals surface area contributed by atoms with Gasteiger partial charge in [0.1, 0.15) is 22.6 Å². The number of nitrogens with zero attached hydrogens (tertiary/aromatic N) is 4. The van der Waals surface area contributed by atoms with E-state index in [4.69, 9.17) is 13.6 Å². The molecule has 1 N–H and O–H groups in total. The molecule has 246 valence electrons. The first-order chi connectivity index (χ1) is 21.8. The third-order valence-corrected chi connectivity index (χ3v) is 6.65. The fourth-order valence-corrected chi connectivity index (χ4v) is 4.65. The molecule has 0 bridgehead atoms. The zero-order chi connectivity index (χ0) is 36.2. The fourth-order valence-electron chi connectivity index (χ4n) is 4.65. The van der Waals surface area contributed by atoms with Crippen LogP contribution in [0, 0.1) is 5.82 Å². The number of carbonyl (C=O) groups excluding carboxylic acids is 3. The molecule has 4 rings (SSSR count). The molecule has 10 nitrogen and oxygen atoms in total. The van der Waals surface area contributed by atoms with E-state index in [0.717, 1.165) is 34.1 Å². The van der Waals surface area contributed by atoms with Crippen LogP contribution in [-0.4, -0.2) is 84.0 Å². The van der Waals surface area contributed by atoms with Gasteiger partial charge in [-0.05, 0) is 57.2 Å². The Morgan fingerprint density at radius 1 is 1.02 bits per heavy atom. The molecule has 2 saturated heterocycles. The van der Waals surface area contributed by atoms with E-state index in [1.807, 2.05) is 0 Å². The molecule has 2 fully saturated rings. The van der Waals surface area contributed by atoms with Gasteiger partial charge in [-0.2, -0.15) is 26.3 Å². The number of benzene rings is 2. The normalized spacial score (nSPS) is 18.2. The van der Waals surface area contributed by atoms with Crippen molar-refractivity contribution < 1.29 is 63.8 Å². The fraction of sp³-hybridized carbons (Fsp3) is 0.464. The molecule has 0 aliphatic carbocycles. The zero-order valence-electron chi connectivity index (χ0n) is 26.9. The molecule has 0 saturated carbocycles. The van der Waals surface area contributed by atoms with Crippen LogP contribution >= 0.6 is 0 Å². The van der Waals surface area contributed by atoms with Crippen molar-refractivity contribution in [3.05, 3.63) is 53.3 Å². The highest BCUT2D eigenvalue weighted by Crippen LogP contribution is 2.47. The maximum Gasteiger partial charge on any atom is 0.420 e. The van der Waals surface area contributed by atoms with Gasteiger partial charge in [-0.15, -0.1) is 0 Å². The van der Waals surface area contributed by atoms with Crippen LogP contribution in [-0.2, 0) is 17.1 Å². The maximum absolute atomic E-state index is 14.3. The number of aliphatic hydroxyl groups is 1. The monoisotopic (exact) mass is 653 g/mol. The van der Waals surface area contributed by atoms with Gasteiger partial charge >= 0.3 is 30.6 Å². The average Bonchev–Trinajstić information content (AvgIpc) is 3.24. The number of hydrogen-bond acceptors (Lipinski definition) is 6. The smallest absolute Gasteiger partial charge is 0.420 e. The van der Waals surface area contributed by atoms with Gasteiger partial charge in [-0.25, -0.2) is 18.8 Å². The van der Waals surface area contributed by atoms with Crippen LogP contribution < -0.4 is 14.5 Å². The lowest BCUT2D eigenvalue weighted by Crippen LogP contribution is -2.68. The largest absolute Gasteiger partial charge is 0.444 e. The standard InChI is InChI=1S/C28H29F7N4O6/c1-25(2,3)45-24(42)38-14-26(43,15-38)13-37-9-10-39(22(37)40)20-12-16(27(30,31)32)11-19(28(33,34)35)21(20)44-23(41)36(4)18-7-5-17(29)6-8-18/h5-8,11-12,43H,9-10,13-15H2,1-4H3/i4D3. The molecule has 0 unspecified atom stereocenters. The van der Waals surface area contributed by atoms with Gasteiger partial charge in [0.25, 0.3) is 0 Å². The number of ether oxygens (including phenoxy) is 2. The number of amides is 4. The second kappa shape index (κ2) is 11.6. The van der Waals surface area contributed by atoms with Crippen molar-refractivity contribution in [1.29, 1.82) is 0 Å². The zero-order valence-corrected chi connectivity index (χ0v) is 23.9. The SMILES string of the molecule is [2H]C([2H])([2H])N(C(=O)Oc1c(N2CCN(CC3(O)CN(C(=O)OC(C)(C)C)C3)C2=O)cc(C(F)(F)F)cc1C(F)(F)F)c1ccc(F)cc1. The van der Waals surface area contributed by atoms with E-state index >= 15 is 0 Å². The number of likely N-dealkylation sites (tertiary alicyclic amines) is 1. The summed E-state index contributed by atoms with van der Waals surface area (Å²) in [6, 6.07) is 1.69. The predicted molar refractivity (Wildman–Crippen MR) is 144 cm³/mol. The van der Waals surface area contributed by atoms with E-state index in [9.17, 15) is 50.2 Å². The Bertz CT molecular complexity index is 1570. The second-order valence-electron chi connectivity index (χ2n) is 11.5. The summed E-state index contributed by atoms with van der Waals surface area (Å²) >= 11 is 0. The molecule has 2 aliphatic heterocycles. The van der Waals surface area contributed by atoms with Crippen molar-refractivity contribution in [2.24, 2.45) is 0 Å². The van der Waals surface area contributed by atoms with Crippen molar-refractivity contribution in [2.75, 3.05) is 49.5 Å². The Hall–Kier alpha value is -4.28. The maximum atomic E-state index is 14.3. The van der Waals surface area contributed by atoms with Crippen LogP contribution in [0.3, 0.4) is 0 Å². The predicted octanol–water partition coefficient (Wildman–Crippen LogP) is 5.72. The molecule has 17 heteroatoms. The molecule has 2 aliphatic rings. The van der Waals surface area contributed by atoms with Gasteiger partial charge in [0.05, 0.1) is 30.9 Å². The minimum atomic E-state index is -5.62. The third kappa shape index (κ3) is 7.51. The number of hydrogen-bond donors (Lipinski definition) is 1. The molecule has 0 radical (unpaired) electrons. The molecule has 0 aromatic heterocycles. The summed E-state index contributed by atoms with van der Waals surface area (Å²) in [4.78, 5) is 41.3. The Morgan fingerprint density at radius 2 is 1.64 bits per heavy atom. The Kier molecular flexibility index (Phi) is 7.57. The summed E-state index contributed by atoms with van der Waals surface area (Å²) in [5.74, 6) is -2.46. The summed E-state index contributed by atoms with van der Waals surface area (Å²) in [5, 5.41) is 10.9. The second-order valence-corrected chi connectivity index (χ2v) is 11.5. The molecule has 2 heterocycles.